The number of hydrogen-bond donors (Lipinski definition) is 1. The van der Waals surface area contributed by atoms with Crippen LogP contribution in [0.4, 0.5) is 0 Å². The van der Waals surface area contributed by atoms with Crippen molar-refractivity contribution in [1.29, 1.82) is 0 Å². The first kappa shape index (κ1) is 14.8. The molecule has 1 aliphatic rings. The molecule has 1 N–H and O–H groups in total. The van der Waals surface area contributed by atoms with E-state index in [-0.39, 0.29) is 0 Å². The van der Waals surface area contributed by atoms with Crippen LogP contribution in [0, 0.1) is 5.92 Å². The number of benzene rings is 2. The van der Waals surface area contributed by atoms with Crippen LogP contribution in [0.5, 0.6) is 0 Å². The van der Waals surface area contributed by atoms with Crippen LogP contribution in [-0.4, -0.2) is 12.6 Å². The normalized spacial score (nSPS) is 15.9. The van der Waals surface area contributed by atoms with Crippen molar-refractivity contribution in [3.05, 3.63) is 69.7 Å². The highest BCUT2D eigenvalue weighted by molar-refractivity contribution is 9.10. The highest BCUT2D eigenvalue weighted by Gasteiger charge is 2.27. The predicted molar refractivity (Wildman–Crippen MR) is 92.7 cm³/mol. The Morgan fingerprint density at radius 3 is 2.24 bits per heavy atom. The molecule has 1 nitrogen and oxygen atoms in total. The molecule has 110 valence electrons. The molecule has 2 aromatic rings. The van der Waals surface area contributed by atoms with Crippen LogP contribution >= 0.6 is 15.9 Å². The van der Waals surface area contributed by atoms with Crippen LogP contribution in [0.3, 0.4) is 0 Å². The maximum absolute atomic E-state index is 3.71. The number of rotatable bonds is 5. The van der Waals surface area contributed by atoms with Crippen LogP contribution in [0.1, 0.15) is 23.6 Å². The van der Waals surface area contributed by atoms with Gasteiger partial charge in [-0.25, -0.2) is 0 Å². The molecule has 0 aromatic heterocycles. The molecule has 1 aliphatic carbocycles. The second kappa shape index (κ2) is 6.76. The lowest BCUT2D eigenvalue weighted by molar-refractivity contribution is 0.368. The third kappa shape index (κ3) is 3.56. The summed E-state index contributed by atoms with van der Waals surface area (Å²) in [7, 11) is 0. The number of hydrogen-bond acceptors (Lipinski definition) is 1. The molecular weight excluding hydrogens is 322 g/mol. The van der Waals surface area contributed by atoms with Gasteiger partial charge < -0.3 is 5.32 Å². The molecule has 0 saturated carbocycles. The minimum Gasteiger partial charge on any atom is -0.314 e. The predicted octanol–water partition coefficient (Wildman–Crippen LogP) is 4.38. The van der Waals surface area contributed by atoms with E-state index in [0.717, 1.165) is 17.4 Å². The summed E-state index contributed by atoms with van der Waals surface area (Å²) in [5.74, 6) is 0.714. The summed E-state index contributed by atoms with van der Waals surface area (Å²) in [4.78, 5) is 0. The molecule has 0 radical (unpaired) electrons. The van der Waals surface area contributed by atoms with Crippen molar-refractivity contribution >= 4 is 15.9 Å². The van der Waals surface area contributed by atoms with Gasteiger partial charge in [0.1, 0.15) is 0 Å². The molecule has 0 aliphatic heterocycles. The summed E-state index contributed by atoms with van der Waals surface area (Å²) in [5, 5.41) is 3.71. The summed E-state index contributed by atoms with van der Waals surface area (Å²) < 4.78 is 1.15. The fourth-order valence-corrected chi connectivity index (χ4v) is 3.68. The van der Waals surface area contributed by atoms with E-state index in [2.05, 4.69) is 76.7 Å². The van der Waals surface area contributed by atoms with Crippen LogP contribution in [0.15, 0.2) is 53.0 Å². The quantitative estimate of drug-likeness (QED) is 0.849. The lowest BCUT2D eigenvalue weighted by Gasteiger charge is -2.24. The monoisotopic (exact) mass is 343 g/mol. The summed E-state index contributed by atoms with van der Waals surface area (Å²) in [5.41, 5.74) is 4.50. The van der Waals surface area contributed by atoms with Crippen molar-refractivity contribution in [2.24, 2.45) is 5.92 Å². The molecule has 0 heterocycles. The van der Waals surface area contributed by atoms with Crippen LogP contribution < -0.4 is 5.32 Å². The Morgan fingerprint density at radius 1 is 1.05 bits per heavy atom. The molecule has 0 amide bonds. The van der Waals surface area contributed by atoms with Crippen LogP contribution in [0.2, 0.25) is 0 Å². The smallest absolute Gasteiger partial charge is 0.0175 e. The van der Waals surface area contributed by atoms with Gasteiger partial charge in [0.25, 0.3) is 0 Å². The van der Waals surface area contributed by atoms with Crippen molar-refractivity contribution in [3.63, 3.8) is 0 Å². The van der Waals surface area contributed by atoms with E-state index in [0.29, 0.717) is 12.0 Å². The Hall–Kier alpha value is -1.12. The van der Waals surface area contributed by atoms with E-state index in [1.54, 1.807) is 11.1 Å². The molecule has 2 aromatic carbocycles. The Balaban J connectivity index is 1.72. The highest BCUT2D eigenvalue weighted by atomic mass is 79.9. The van der Waals surface area contributed by atoms with Gasteiger partial charge in [0.15, 0.2) is 0 Å². The lowest BCUT2D eigenvalue weighted by atomic mass is 9.91. The van der Waals surface area contributed by atoms with Gasteiger partial charge >= 0.3 is 0 Å². The van der Waals surface area contributed by atoms with E-state index in [4.69, 9.17) is 0 Å². The van der Waals surface area contributed by atoms with E-state index in [1.807, 2.05) is 0 Å². The zero-order valence-corrected chi connectivity index (χ0v) is 14.1. The molecule has 1 unspecified atom stereocenters. The molecule has 1 atom stereocenters. The zero-order valence-electron chi connectivity index (χ0n) is 12.5. The van der Waals surface area contributed by atoms with Gasteiger partial charge in [-0.05, 0) is 60.5 Å². The van der Waals surface area contributed by atoms with Gasteiger partial charge in [-0.3, -0.25) is 0 Å². The first-order valence-electron chi connectivity index (χ1n) is 7.81. The molecule has 2 heteroatoms. The minimum atomic E-state index is 0.559. The standard InChI is InChI=1S/C19H22BrN/c1-2-21-19(11-14-7-9-18(20)10-8-14)17-12-15-5-3-4-6-16(15)13-17/h3-10,17,19,21H,2,11-13H2,1H3. The molecule has 3 rings (SSSR count). The number of fused-ring (bicyclic) bond motifs is 1. The van der Waals surface area contributed by atoms with E-state index < -0.39 is 0 Å². The largest absolute Gasteiger partial charge is 0.314 e. The van der Waals surface area contributed by atoms with Gasteiger partial charge in [-0.1, -0.05) is 59.3 Å². The van der Waals surface area contributed by atoms with Crippen molar-refractivity contribution in [2.45, 2.75) is 32.2 Å². The SMILES string of the molecule is CCNC(Cc1ccc(Br)cc1)C1Cc2ccccc2C1. The summed E-state index contributed by atoms with van der Waals surface area (Å²) in [6.07, 6.45) is 3.54. The average Bonchev–Trinajstić information content (AvgIpc) is 2.93. The second-order valence-electron chi connectivity index (χ2n) is 5.93. The highest BCUT2D eigenvalue weighted by Crippen LogP contribution is 2.30. The minimum absolute atomic E-state index is 0.559. The van der Waals surface area contributed by atoms with E-state index in [9.17, 15) is 0 Å². The van der Waals surface area contributed by atoms with Gasteiger partial charge in [0.05, 0.1) is 0 Å². The maximum atomic E-state index is 3.71. The van der Waals surface area contributed by atoms with Crippen molar-refractivity contribution in [3.8, 4) is 0 Å². The molecule has 0 spiro atoms. The number of likely N-dealkylation sites (N-methyl/N-ethyl adjacent to an activating group) is 1. The molecule has 21 heavy (non-hydrogen) atoms. The zero-order chi connectivity index (χ0) is 14.7. The first-order chi connectivity index (χ1) is 10.3. The molecule has 0 saturated heterocycles. The van der Waals surface area contributed by atoms with Crippen LogP contribution in [0.25, 0.3) is 0 Å². The van der Waals surface area contributed by atoms with Crippen molar-refractivity contribution in [1.82, 2.24) is 5.32 Å². The maximum Gasteiger partial charge on any atom is 0.0175 e. The number of nitrogens with one attached hydrogen (secondary N) is 1. The number of halogens is 1. The Kier molecular flexibility index (Phi) is 4.77. The fourth-order valence-electron chi connectivity index (χ4n) is 3.42. The molecule has 0 bridgehead atoms. The molecular formula is C19H22BrN. The molecule has 0 fully saturated rings. The second-order valence-corrected chi connectivity index (χ2v) is 6.85. The van der Waals surface area contributed by atoms with E-state index >= 15 is 0 Å². The topological polar surface area (TPSA) is 12.0 Å². The van der Waals surface area contributed by atoms with E-state index in [1.165, 1.54) is 18.4 Å². The Labute approximate surface area is 135 Å². The van der Waals surface area contributed by atoms with Crippen molar-refractivity contribution < 1.29 is 0 Å². The Bertz CT molecular complexity index is 566. The Morgan fingerprint density at radius 2 is 1.67 bits per heavy atom. The van der Waals surface area contributed by atoms with Crippen LogP contribution in [-0.2, 0) is 19.3 Å². The van der Waals surface area contributed by atoms with Gasteiger partial charge in [-0.15, -0.1) is 0 Å². The van der Waals surface area contributed by atoms with Crippen molar-refractivity contribution in [2.75, 3.05) is 6.54 Å². The van der Waals surface area contributed by atoms with Gasteiger partial charge in [0.2, 0.25) is 0 Å². The third-order valence-electron chi connectivity index (χ3n) is 4.49. The summed E-state index contributed by atoms with van der Waals surface area (Å²) in [6, 6.07) is 18.2. The van der Waals surface area contributed by atoms with Gasteiger partial charge in [-0.2, -0.15) is 0 Å². The first-order valence-corrected chi connectivity index (χ1v) is 8.60. The fraction of sp³-hybridized carbons (Fsp3) is 0.368. The summed E-state index contributed by atoms with van der Waals surface area (Å²) in [6.45, 7) is 3.24. The van der Waals surface area contributed by atoms with Gasteiger partial charge in [0, 0.05) is 10.5 Å². The third-order valence-corrected chi connectivity index (χ3v) is 5.02. The average molecular weight is 344 g/mol. The summed E-state index contributed by atoms with van der Waals surface area (Å²) >= 11 is 3.51. The lowest BCUT2D eigenvalue weighted by Crippen LogP contribution is -2.38.